The molecule has 0 saturated heterocycles. The summed E-state index contributed by atoms with van der Waals surface area (Å²) in [4.78, 5) is 24.1. The number of nitrogens with one attached hydrogen (secondary N) is 2. The summed E-state index contributed by atoms with van der Waals surface area (Å²) in [6, 6.07) is 7.19. The first-order valence-corrected chi connectivity index (χ1v) is 8.24. The molecule has 0 aliphatic heterocycles. The highest BCUT2D eigenvalue weighted by atomic mass is 16.2. The molecule has 1 rings (SSSR count). The van der Waals surface area contributed by atoms with Gasteiger partial charge in [0.15, 0.2) is 0 Å². The molecule has 0 unspecified atom stereocenters. The molecule has 0 aliphatic carbocycles. The van der Waals surface area contributed by atoms with Gasteiger partial charge in [-0.05, 0) is 32.4 Å². The van der Waals surface area contributed by atoms with Gasteiger partial charge in [-0.1, -0.05) is 44.7 Å². The third-order valence-electron chi connectivity index (χ3n) is 3.37. The molecular formula is C18H28N2O2. The van der Waals surface area contributed by atoms with E-state index < -0.39 is 0 Å². The Labute approximate surface area is 133 Å². The van der Waals surface area contributed by atoms with Crippen molar-refractivity contribution in [3.63, 3.8) is 0 Å². The quantitative estimate of drug-likeness (QED) is 0.674. The minimum absolute atomic E-state index is 0.0266. The Kier molecular flexibility index (Phi) is 8.26. The van der Waals surface area contributed by atoms with Gasteiger partial charge in [-0.2, -0.15) is 0 Å². The van der Waals surface area contributed by atoms with E-state index >= 15 is 0 Å². The highest BCUT2D eigenvalue weighted by Crippen LogP contribution is 2.16. The summed E-state index contributed by atoms with van der Waals surface area (Å²) < 4.78 is 0. The van der Waals surface area contributed by atoms with Crippen LogP contribution < -0.4 is 10.6 Å². The monoisotopic (exact) mass is 304 g/mol. The first-order valence-electron chi connectivity index (χ1n) is 8.24. The van der Waals surface area contributed by atoms with Crippen LogP contribution in [0.5, 0.6) is 0 Å². The van der Waals surface area contributed by atoms with Gasteiger partial charge in [0.25, 0.3) is 5.91 Å². The topological polar surface area (TPSA) is 58.2 Å². The first kappa shape index (κ1) is 18.2. The van der Waals surface area contributed by atoms with Crippen LogP contribution in [-0.4, -0.2) is 17.9 Å². The van der Waals surface area contributed by atoms with E-state index in [2.05, 4.69) is 17.6 Å². The lowest BCUT2D eigenvalue weighted by Gasteiger charge is -2.13. The number of para-hydroxylation sites is 1. The molecule has 0 fully saturated rings. The van der Waals surface area contributed by atoms with Gasteiger partial charge in [-0.15, -0.1) is 0 Å². The van der Waals surface area contributed by atoms with Crippen LogP contribution in [0.15, 0.2) is 24.3 Å². The number of carbonyl (C=O) groups is 2. The van der Waals surface area contributed by atoms with Gasteiger partial charge >= 0.3 is 0 Å². The Hall–Kier alpha value is -1.84. The molecule has 2 N–H and O–H groups in total. The van der Waals surface area contributed by atoms with Crippen molar-refractivity contribution in [1.82, 2.24) is 5.32 Å². The molecule has 0 saturated carbocycles. The van der Waals surface area contributed by atoms with Crippen molar-refractivity contribution in [3.8, 4) is 0 Å². The van der Waals surface area contributed by atoms with Gasteiger partial charge < -0.3 is 10.6 Å². The second kappa shape index (κ2) is 9.98. The molecule has 0 bridgehead atoms. The van der Waals surface area contributed by atoms with Crippen molar-refractivity contribution in [2.24, 2.45) is 0 Å². The van der Waals surface area contributed by atoms with Crippen LogP contribution in [0.25, 0.3) is 0 Å². The maximum atomic E-state index is 12.1. The number of carbonyl (C=O) groups excluding carboxylic acids is 2. The van der Waals surface area contributed by atoms with Crippen LogP contribution in [0, 0.1) is 0 Å². The molecule has 0 atom stereocenters. The molecule has 0 aromatic heterocycles. The fourth-order valence-corrected chi connectivity index (χ4v) is 2.23. The second-order valence-electron chi connectivity index (χ2n) is 5.89. The molecule has 0 radical (unpaired) electrons. The summed E-state index contributed by atoms with van der Waals surface area (Å²) in [5.41, 5.74) is 1.09. The number of unbranched alkanes of at least 4 members (excludes halogenated alkanes) is 4. The molecule has 122 valence electrons. The number of amides is 2. The summed E-state index contributed by atoms with van der Waals surface area (Å²) in [6.07, 6.45) is 6.08. The highest BCUT2D eigenvalue weighted by molar-refractivity contribution is 6.03. The van der Waals surface area contributed by atoms with E-state index in [-0.39, 0.29) is 17.9 Å². The maximum Gasteiger partial charge on any atom is 0.253 e. The van der Waals surface area contributed by atoms with Gasteiger partial charge in [0.05, 0.1) is 11.3 Å². The maximum absolute atomic E-state index is 12.1. The average molecular weight is 304 g/mol. The molecule has 1 aromatic carbocycles. The average Bonchev–Trinajstić information content (AvgIpc) is 2.46. The summed E-state index contributed by atoms with van der Waals surface area (Å²) in [5.74, 6) is -0.185. The molecule has 22 heavy (non-hydrogen) atoms. The van der Waals surface area contributed by atoms with Gasteiger partial charge in [-0.25, -0.2) is 0 Å². The molecule has 0 heterocycles. The number of rotatable bonds is 9. The standard InChI is InChI=1S/C18H28N2O2/c1-4-5-6-7-8-13-17(21)20-16-12-10-9-11-15(16)18(22)19-14(2)3/h9-12,14H,4-8,13H2,1-3H3,(H,19,22)(H,20,21). The summed E-state index contributed by atoms with van der Waals surface area (Å²) in [5, 5.41) is 5.70. The Morgan fingerprint density at radius 1 is 1.05 bits per heavy atom. The molecule has 4 nitrogen and oxygen atoms in total. The lowest BCUT2D eigenvalue weighted by molar-refractivity contribution is -0.116. The molecule has 2 amide bonds. The van der Waals surface area contributed by atoms with Crippen LogP contribution in [0.2, 0.25) is 0 Å². The lowest BCUT2D eigenvalue weighted by Crippen LogP contribution is -2.31. The van der Waals surface area contributed by atoms with E-state index in [1.165, 1.54) is 19.3 Å². The molecule has 4 heteroatoms. The minimum Gasteiger partial charge on any atom is -0.350 e. The zero-order valence-corrected chi connectivity index (χ0v) is 13.9. The second-order valence-corrected chi connectivity index (χ2v) is 5.89. The number of hydrogen-bond donors (Lipinski definition) is 2. The van der Waals surface area contributed by atoms with Crippen molar-refractivity contribution >= 4 is 17.5 Å². The van der Waals surface area contributed by atoms with E-state index in [0.29, 0.717) is 17.7 Å². The third-order valence-corrected chi connectivity index (χ3v) is 3.37. The Balaban J connectivity index is 2.54. The van der Waals surface area contributed by atoms with Crippen LogP contribution in [0.4, 0.5) is 5.69 Å². The van der Waals surface area contributed by atoms with Gasteiger partial charge in [0, 0.05) is 12.5 Å². The summed E-state index contributed by atoms with van der Waals surface area (Å²) >= 11 is 0. The van der Waals surface area contributed by atoms with Crippen LogP contribution >= 0.6 is 0 Å². The van der Waals surface area contributed by atoms with Crippen molar-refractivity contribution in [2.75, 3.05) is 5.32 Å². The SMILES string of the molecule is CCCCCCCC(=O)Nc1ccccc1C(=O)NC(C)C. The zero-order valence-electron chi connectivity index (χ0n) is 13.9. The smallest absolute Gasteiger partial charge is 0.253 e. The van der Waals surface area contributed by atoms with E-state index in [1.807, 2.05) is 19.9 Å². The molecular weight excluding hydrogens is 276 g/mol. The molecule has 0 aliphatic rings. The van der Waals surface area contributed by atoms with Crippen LogP contribution in [-0.2, 0) is 4.79 Å². The first-order chi connectivity index (χ1) is 10.5. The lowest BCUT2D eigenvalue weighted by atomic mass is 10.1. The van der Waals surface area contributed by atoms with E-state index in [9.17, 15) is 9.59 Å². The number of benzene rings is 1. The number of anilines is 1. The Morgan fingerprint density at radius 3 is 2.41 bits per heavy atom. The van der Waals surface area contributed by atoms with Gasteiger partial charge in [0.1, 0.15) is 0 Å². The van der Waals surface area contributed by atoms with Crippen molar-refractivity contribution in [1.29, 1.82) is 0 Å². The van der Waals surface area contributed by atoms with E-state index in [0.717, 1.165) is 12.8 Å². The molecule has 0 spiro atoms. The van der Waals surface area contributed by atoms with Crippen LogP contribution in [0.3, 0.4) is 0 Å². The summed E-state index contributed by atoms with van der Waals surface area (Å²) in [7, 11) is 0. The molecule has 1 aromatic rings. The predicted octanol–water partition coefficient (Wildman–Crippen LogP) is 4.12. The normalized spacial score (nSPS) is 10.5. The van der Waals surface area contributed by atoms with Crippen molar-refractivity contribution in [3.05, 3.63) is 29.8 Å². The van der Waals surface area contributed by atoms with Crippen molar-refractivity contribution in [2.45, 2.75) is 65.3 Å². The minimum atomic E-state index is -0.158. The fourth-order valence-electron chi connectivity index (χ4n) is 2.23. The van der Waals surface area contributed by atoms with Gasteiger partial charge in [0.2, 0.25) is 5.91 Å². The predicted molar refractivity (Wildman–Crippen MR) is 91.0 cm³/mol. The third kappa shape index (κ3) is 6.74. The Morgan fingerprint density at radius 2 is 1.73 bits per heavy atom. The van der Waals surface area contributed by atoms with E-state index in [4.69, 9.17) is 0 Å². The highest BCUT2D eigenvalue weighted by Gasteiger charge is 2.13. The Bertz CT molecular complexity index is 484. The van der Waals surface area contributed by atoms with Crippen molar-refractivity contribution < 1.29 is 9.59 Å². The van der Waals surface area contributed by atoms with E-state index in [1.54, 1.807) is 18.2 Å². The number of hydrogen-bond acceptors (Lipinski definition) is 2. The zero-order chi connectivity index (χ0) is 16.4. The fraction of sp³-hybridized carbons (Fsp3) is 0.556. The van der Waals surface area contributed by atoms with Crippen LogP contribution in [0.1, 0.15) is 69.7 Å². The largest absolute Gasteiger partial charge is 0.350 e. The summed E-state index contributed by atoms with van der Waals surface area (Å²) in [6.45, 7) is 6.00. The van der Waals surface area contributed by atoms with Gasteiger partial charge in [-0.3, -0.25) is 9.59 Å².